The summed E-state index contributed by atoms with van der Waals surface area (Å²) in [5.41, 5.74) is 1.50. The van der Waals surface area contributed by atoms with Crippen LogP contribution in [-0.2, 0) is 16.1 Å². The maximum Gasteiger partial charge on any atom is 0.323 e. The van der Waals surface area contributed by atoms with Gasteiger partial charge in [-0.15, -0.1) is 0 Å². The number of carboxylic acids is 1. The largest absolute Gasteiger partial charge is 0.480 e. The van der Waals surface area contributed by atoms with E-state index >= 15 is 0 Å². The number of aliphatic carboxylic acids is 1. The molecule has 1 aromatic heterocycles. The van der Waals surface area contributed by atoms with Gasteiger partial charge in [-0.3, -0.25) is 19.3 Å². The van der Waals surface area contributed by atoms with Crippen LogP contribution in [0.4, 0.5) is 4.79 Å². The second-order valence-electron chi connectivity index (χ2n) is 5.05. The van der Waals surface area contributed by atoms with Gasteiger partial charge in [0.1, 0.15) is 6.54 Å². The summed E-state index contributed by atoms with van der Waals surface area (Å²) >= 11 is 0.906. The van der Waals surface area contributed by atoms with Crippen molar-refractivity contribution in [3.63, 3.8) is 0 Å². The first-order valence-electron chi connectivity index (χ1n) is 7.06. The number of nitrogens with zero attached hydrogens (tertiary/aromatic N) is 2. The summed E-state index contributed by atoms with van der Waals surface area (Å²) in [6, 6.07) is 7.37. The van der Waals surface area contributed by atoms with Crippen LogP contribution < -0.4 is 0 Å². The molecule has 2 amide bonds. The molecule has 2 heterocycles. The number of hydrogen-bond donors (Lipinski definition) is 1. The van der Waals surface area contributed by atoms with Gasteiger partial charge in [0.2, 0.25) is 0 Å². The van der Waals surface area contributed by atoms with Crippen molar-refractivity contribution in [2.24, 2.45) is 0 Å². The first-order valence-corrected chi connectivity index (χ1v) is 7.88. The highest BCUT2D eigenvalue weighted by molar-refractivity contribution is 8.18. The van der Waals surface area contributed by atoms with Crippen molar-refractivity contribution in [1.82, 2.24) is 9.47 Å². The number of carbonyl (C=O) groups is 3. The van der Waals surface area contributed by atoms with Gasteiger partial charge in [0, 0.05) is 29.2 Å². The number of para-hydroxylation sites is 1. The summed E-state index contributed by atoms with van der Waals surface area (Å²) in [7, 11) is 0. The van der Waals surface area contributed by atoms with Gasteiger partial charge >= 0.3 is 5.97 Å². The number of amides is 2. The van der Waals surface area contributed by atoms with Gasteiger partial charge in [-0.2, -0.15) is 0 Å². The van der Waals surface area contributed by atoms with Crippen LogP contribution in [0.15, 0.2) is 35.4 Å². The first kappa shape index (κ1) is 15.4. The van der Waals surface area contributed by atoms with Crippen LogP contribution in [0.1, 0.15) is 12.5 Å². The summed E-state index contributed by atoms with van der Waals surface area (Å²) < 4.78 is 1.62. The van der Waals surface area contributed by atoms with Crippen molar-refractivity contribution in [1.29, 1.82) is 0 Å². The fourth-order valence-corrected chi connectivity index (χ4v) is 3.47. The Morgan fingerprint density at radius 3 is 2.70 bits per heavy atom. The summed E-state index contributed by atoms with van der Waals surface area (Å²) in [5, 5.41) is 9.58. The monoisotopic (exact) mass is 330 g/mol. The maximum atomic E-state index is 12.2. The van der Waals surface area contributed by atoms with E-state index in [-0.39, 0.29) is 17.7 Å². The molecule has 2 aromatic rings. The highest BCUT2D eigenvalue weighted by Gasteiger charge is 2.33. The van der Waals surface area contributed by atoms with E-state index < -0.39 is 5.97 Å². The van der Waals surface area contributed by atoms with Crippen molar-refractivity contribution in [2.75, 3.05) is 6.54 Å². The lowest BCUT2D eigenvalue weighted by molar-refractivity contribution is -0.137. The molecule has 0 unspecified atom stereocenters. The SMILES string of the molecule is CCN1C(=O)SC(=Cc2cn(CC(=O)O)c3ccccc23)C1=O. The molecule has 0 atom stereocenters. The van der Waals surface area contributed by atoms with Gasteiger partial charge in [0.05, 0.1) is 4.91 Å². The molecule has 7 heteroatoms. The Balaban J connectivity index is 2.07. The Kier molecular flexibility index (Phi) is 3.96. The van der Waals surface area contributed by atoms with Crippen LogP contribution in [0, 0.1) is 0 Å². The fourth-order valence-electron chi connectivity index (χ4n) is 2.58. The summed E-state index contributed by atoms with van der Waals surface area (Å²) in [6.07, 6.45) is 3.35. The molecule has 1 saturated heterocycles. The molecular weight excluding hydrogens is 316 g/mol. The van der Waals surface area contributed by atoms with Gasteiger partial charge < -0.3 is 9.67 Å². The summed E-state index contributed by atoms with van der Waals surface area (Å²) in [5.74, 6) is -1.25. The fraction of sp³-hybridized carbons (Fsp3) is 0.188. The van der Waals surface area contributed by atoms with Crippen molar-refractivity contribution in [3.8, 4) is 0 Å². The average molecular weight is 330 g/mol. The molecule has 118 valence electrons. The molecule has 23 heavy (non-hydrogen) atoms. The number of benzene rings is 1. The quantitative estimate of drug-likeness (QED) is 0.872. The van der Waals surface area contributed by atoms with Gasteiger partial charge in [0.25, 0.3) is 11.1 Å². The molecule has 1 fully saturated rings. The number of aromatic nitrogens is 1. The maximum absolute atomic E-state index is 12.2. The number of hydrogen-bond acceptors (Lipinski definition) is 4. The van der Waals surface area contributed by atoms with Crippen LogP contribution in [0.2, 0.25) is 0 Å². The second-order valence-corrected chi connectivity index (χ2v) is 6.04. The molecule has 3 rings (SSSR count). The molecular formula is C16H14N2O4S. The zero-order chi connectivity index (χ0) is 16.6. The highest BCUT2D eigenvalue weighted by atomic mass is 32.2. The molecule has 1 aliphatic rings. The molecule has 0 spiro atoms. The van der Waals surface area contributed by atoms with Crippen molar-refractivity contribution in [2.45, 2.75) is 13.5 Å². The molecule has 1 N–H and O–H groups in total. The highest BCUT2D eigenvalue weighted by Crippen LogP contribution is 2.33. The molecule has 0 aliphatic carbocycles. The number of imide groups is 1. The zero-order valence-corrected chi connectivity index (χ0v) is 13.2. The lowest BCUT2D eigenvalue weighted by Crippen LogP contribution is -2.27. The van der Waals surface area contributed by atoms with E-state index in [0.717, 1.165) is 28.2 Å². The number of likely N-dealkylation sites (N-methyl/N-ethyl adjacent to an activating group) is 1. The smallest absolute Gasteiger partial charge is 0.323 e. The Morgan fingerprint density at radius 2 is 2.04 bits per heavy atom. The lowest BCUT2D eigenvalue weighted by atomic mass is 10.1. The van der Waals surface area contributed by atoms with E-state index in [0.29, 0.717) is 11.4 Å². The number of carboxylic acid groups (broad SMARTS) is 1. The van der Waals surface area contributed by atoms with Gasteiger partial charge in [0.15, 0.2) is 0 Å². The number of thioether (sulfide) groups is 1. The topological polar surface area (TPSA) is 79.6 Å². The minimum atomic E-state index is -0.941. The van der Waals surface area contributed by atoms with Crippen LogP contribution in [0.5, 0.6) is 0 Å². The molecule has 0 bridgehead atoms. The molecule has 1 aromatic carbocycles. The van der Waals surface area contributed by atoms with Gasteiger partial charge in [-0.25, -0.2) is 0 Å². The van der Waals surface area contributed by atoms with E-state index in [4.69, 9.17) is 5.11 Å². The van der Waals surface area contributed by atoms with E-state index in [1.165, 1.54) is 4.90 Å². The van der Waals surface area contributed by atoms with Crippen LogP contribution in [0.25, 0.3) is 17.0 Å². The third-order valence-corrected chi connectivity index (χ3v) is 4.51. The second kappa shape index (κ2) is 5.92. The third kappa shape index (κ3) is 2.75. The predicted octanol–water partition coefficient (Wildman–Crippen LogP) is 2.78. The molecule has 0 radical (unpaired) electrons. The van der Waals surface area contributed by atoms with E-state index in [2.05, 4.69) is 0 Å². The number of fused-ring (bicyclic) bond motifs is 1. The Morgan fingerprint density at radius 1 is 1.30 bits per heavy atom. The Labute approximate surface area is 136 Å². The Hall–Kier alpha value is -2.54. The molecule has 1 aliphatic heterocycles. The van der Waals surface area contributed by atoms with Crippen molar-refractivity contribution >= 4 is 45.9 Å². The number of carbonyl (C=O) groups excluding carboxylic acids is 2. The molecule has 0 saturated carbocycles. The Bertz CT molecular complexity index is 853. The zero-order valence-electron chi connectivity index (χ0n) is 12.4. The van der Waals surface area contributed by atoms with Crippen LogP contribution in [-0.4, -0.2) is 38.2 Å². The minimum Gasteiger partial charge on any atom is -0.480 e. The van der Waals surface area contributed by atoms with E-state index in [1.807, 2.05) is 24.3 Å². The summed E-state index contributed by atoms with van der Waals surface area (Å²) in [6.45, 7) is 1.92. The summed E-state index contributed by atoms with van der Waals surface area (Å²) in [4.78, 5) is 36.5. The van der Waals surface area contributed by atoms with Crippen molar-refractivity contribution in [3.05, 3.63) is 40.9 Å². The van der Waals surface area contributed by atoms with Crippen LogP contribution in [0.3, 0.4) is 0 Å². The van der Waals surface area contributed by atoms with Gasteiger partial charge in [-0.1, -0.05) is 18.2 Å². The first-order chi connectivity index (χ1) is 11.0. The lowest BCUT2D eigenvalue weighted by Gasteiger charge is -2.06. The normalized spacial score (nSPS) is 16.7. The number of rotatable bonds is 4. The van der Waals surface area contributed by atoms with Crippen LogP contribution >= 0.6 is 11.8 Å². The minimum absolute atomic E-state index is 0.162. The average Bonchev–Trinajstić information content (AvgIpc) is 2.98. The predicted molar refractivity (Wildman–Crippen MR) is 87.9 cm³/mol. The molecule has 6 nitrogen and oxygen atoms in total. The van der Waals surface area contributed by atoms with Gasteiger partial charge in [-0.05, 0) is 30.8 Å². The third-order valence-electron chi connectivity index (χ3n) is 3.60. The van der Waals surface area contributed by atoms with Crippen molar-refractivity contribution < 1.29 is 19.5 Å². The van der Waals surface area contributed by atoms with E-state index in [1.54, 1.807) is 23.8 Å². The van der Waals surface area contributed by atoms with E-state index in [9.17, 15) is 14.4 Å². The standard InChI is InChI=1S/C16H14N2O4S/c1-2-18-15(21)13(23-16(18)22)7-10-8-17(9-14(19)20)12-6-4-3-5-11(10)12/h3-8H,2,9H2,1H3,(H,19,20).